The van der Waals surface area contributed by atoms with Gasteiger partial charge in [0.1, 0.15) is 17.6 Å². The lowest BCUT2D eigenvalue weighted by Crippen LogP contribution is -2.31. The van der Waals surface area contributed by atoms with Gasteiger partial charge in [0.2, 0.25) is 5.58 Å². The van der Waals surface area contributed by atoms with Crippen LogP contribution in [0.1, 0.15) is 11.1 Å². The van der Waals surface area contributed by atoms with Gasteiger partial charge in [-0.2, -0.15) is 13.2 Å². The number of esters is 1. The lowest BCUT2D eigenvalue weighted by atomic mass is 10.1. The van der Waals surface area contributed by atoms with E-state index in [1.54, 1.807) is 24.3 Å². The Balaban J connectivity index is 1.29. The van der Waals surface area contributed by atoms with Crippen molar-refractivity contribution < 1.29 is 31.9 Å². The fourth-order valence-electron chi connectivity index (χ4n) is 3.17. The zero-order valence-electron chi connectivity index (χ0n) is 17.9. The van der Waals surface area contributed by atoms with Gasteiger partial charge in [-0.15, -0.1) is 0 Å². The number of nitrogens with one attached hydrogen (secondary N) is 1. The predicted octanol–water partition coefficient (Wildman–Crippen LogP) is 2.87. The van der Waals surface area contributed by atoms with Crippen LogP contribution in [0.3, 0.4) is 0 Å². The molecule has 2 aromatic carbocycles. The molecule has 2 aromatic heterocycles. The SMILES string of the molecule is O=C(COC(=O)Cn1cnc2c(oc3ccccc32)c1=O)NCC#Cc1cccc(C(F)(F)F)c1. The van der Waals surface area contributed by atoms with E-state index >= 15 is 0 Å². The molecule has 1 N–H and O–H groups in total. The second kappa shape index (κ2) is 9.72. The van der Waals surface area contributed by atoms with E-state index in [1.807, 2.05) is 0 Å². The molecule has 0 fully saturated rings. The molecule has 2 heterocycles. The smallest absolute Gasteiger partial charge is 0.416 e. The number of aromatic nitrogens is 2. The molecule has 0 aliphatic carbocycles. The zero-order valence-corrected chi connectivity index (χ0v) is 17.9. The average Bonchev–Trinajstić information content (AvgIpc) is 3.21. The minimum absolute atomic E-state index is 0.00131. The van der Waals surface area contributed by atoms with Gasteiger partial charge in [0.25, 0.3) is 11.5 Å². The maximum absolute atomic E-state index is 12.7. The molecule has 0 aliphatic rings. The number of fused-ring (bicyclic) bond motifs is 3. The van der Waals surface area contributed by atoms with Crippen LogP contribution in [0.2, 0.25) is 0 Å². The number of halogens is 3. The summed E-state index contributed by atoms with van der Waals surface area (Å²) in [5.41, 5.74) is -0.396. The predicted molar refractivity (Wildman–Crippen MR) is 118 cm³/mol. The zero-order chi connectivity index (χ0) is 25.0. The first-order chi connectivity index (χ1) is 16.7. The Hall–Kier alpha value is -4.59. The van der Waals surface area contributed by atoms with Crippen molar-refractivity contribution in [1.29, 1.82) is 0 Å². The second-order valence-corrected chi connectivity index (χ2v) is 7.27. The summed E-state index contributed by atoms with van der Waals surface area (Å²) in [6.45, 7) is -1.28. The lowest BCUT2D eigenvalue weighted by molar-refractivity contribution is -0.149. The number of benzene rings is 2. The van der Waals surface area contributed by atoms with E-state index in [0.29, 0.717) is 16.5 Å². The summed E-state index contributed by atoms with van der Waals surface area (Å²) in [5.74, 6) is 3.51. The Bertz CT molecular complexity index is 1540. The monoisotopic (exact) mass is 483 g/mol. The van der Waals surface area contributed by atoms with Crippen molar-refractivity contribution in [1.82, 2.24) is 14.9 Å². The fourth-order valence-corrected chi connectivity index (χ4v) is 3.17. The average molecular weight is 483 g/mol. The summed E-state index contributed by atoms with van der Waals surface area (Å²) in [5, 5.41) is 3.03. The van der Waals surface area contributed by atoms with E-state index in [1.165, 1.54) is 18.5 Å². The number of furan rings is 1. The minimum atomic E-state index is -4.48. The molecule has 0 radical (unpaired) electrons. The number of alkyl halides is 3. The molecule has 1 amide bonds. The lowest BCUT2D eigenvalue weighted by Gasteiger charge is -2.06. The number of hydrogen-bond acceptors (Lipinski definition) is 6. The van der Waals surface area contributed by atoms with Crippen LogP contribution in [0.15, 0.2) is 64.1 Å². The first-order valence-corrected chi connectivity index (χ1v) is 10.2. The first-order valence-electron chi connectivity index (χ1n) is 10.2. The number of rotatable bonds is 5. The molecular formula is C24H16F3N3O5. The van der Waals surface area contributed by atoms with Gasteiger partial charge in [-0.3, -0.25) is 19.0 Å². The molecule has 0 saturated heterocycles. The second-order valence-electron chi connectivity index (χ2n) is 7.27. The highest BCUT2D eigenvalue weighted by atomic mass is 19.4. The summed E-state index contributed by atoms with van der Waals surface area (Å²) < 4.78 is 49.5. The van der Waals surface area contributed by atoms with Gasteiger partial charge in [0.15, 0.2) is 6.61 Å². The van der Waals surface area contributed by atoms with Crippen molar-refractivity contribution in [3.63, 3.8) is 0 Å². The number of ether oxygens (including phenoxy) is 1. The summed E-state index contributed by atoms with van der Waals surface area (Å²) in [4.78, 5) is 40.7. The Morgan fingerprint density at radius 1 is 1.14 bits per heavy atom. The van der Waals surface area contributed by atoms with Crippen LogP contribution in [-0.4, -0.2) is 34.6 Å². The van der Waals surface area contributed by atoms with Crippen molar-refractivity contribution in [2.75, 3.05) is 13.2 Å². The van der Waals surface area contributed by atoms with Crippen LogP contribution in [0.4, 0.5) is 13.2 Å². The molecule has 0 atom stereocenters. The normalized spacial score (nSPS) is 11.2. The third-order valence-electron chi connectivity index (χ3n) is 4.81. The Morgan fingerprint density at radius 2 is 1.94 bits per heavy atom. The third-order valence-corrected chi connectivity index (χ3v) is 4.81. The number of amides is 1. The fraction of sp³-hybridized carbons (Fsp3) is 0.167. The standard InChI is InChI=1S/C24H16F3N3O5/c25-24(26,27)16-7-3-5-15(11-16)6-4-10-28-19(31)13-34-20(32)12-30-14-29-21-17-8-1-2-9-18(17)35-22(21)23(30)33/h1-3,5,7-9,11,14H,10,12-13H2,(H,28,31). The van der Waals surface area contributed by atoms with E-state index in [2.05, 4.69) is 22.1 Å². The van der Waals surface area contributed by atoms with Crippen LogP contribution in [0, 0.1) is 11.8 Å². The van der Waals surface area contributed by atoms with Crippen LogP contribution in [0.5, 0.6) is 0 Å². The topological polar surface area (TPSA) is 103 Å². The van der Waals surface area contributed by atoms with E-state index in [4.69, 9.17) is 9.15 Å². The third kappa shape index (κ3) is 5.50. The van der Waals surface area contributed by atoms with Crippen molar-refractivity contribution in [3.05, 3.63) is 76.3 Å². The van der Waals surface area contributed by atoms with Gasteiger partial charge < -0.3 is 14.5 Å². The summed E-state index contributed by atoms with van der Waals surface area (Å²) in [6.07, 6.45) is -3.29. The molecule has 0 spiro atoms. The molecule has 0 bridgehead atoms. The highest BCUT2D eigenvalue weighted by Gasteiger charge is 2.30. The largest absolute Gasteiger partial charge is 0.454 e. The number of para-hydroxylation sites is 1. The number of hydrogen-bond donors (Lipinski definition) is 1. The first kappa shape index (κ1) is 23.6. The molecule has 35 heavy (non-hydrogen) atoms. The molecule has 0 saturated carbocycles. The van der Waals surface area contributed by atoms with Crippen LogP contribution >= 0.6 is 0 Å². The number of nitrogens with zero attached hydrogens (tertiary/aromatic N) is 2. The quantitative estimate of drug-likeness (QED) is 0.346. The molecule has 0 unspecified atom stereocenters. The molecule has 0 aliphatic heterocycles. The van der Waals surface area contributed by atoms with E-state index in [0.717, 1.165) is 16.7 Å². The van der Waals surface area contributed by atoms with Crippen molar-refractivity contribution in [2.24, 2.45) is 0 Å². The van der Waals surface area contributed by atoms with Gasteiger partial charge in [0, 0.05) is 10.9 Å². The number of carbonyl (C=O) groups is 2. The van der Waals surface area contributed by atoms with Gasteiger partial charge in [-0.05, 0) is 30.3 Å². The van der Waals surface area contributed by atoms with Crippen LogP contribution in [-0.2, 0) is 27.0 Å². The Morgan fingerprint density at radius 3 is 2.74 bits per heavy atom. The van der Waals surface area contributed by atoms with Gasteiger partial charge in [0.05, 0.1) is 18.4 Å². The molecular weight excluding hydrogens is 467 g/mol. The van der Waals surface area contributed by atoms with E-state index in [-0.39, 0.29) is 17.7 Å². The minimum Gasteiger partial charge on any atom is -0.454 e. The summed E-state index contributed by atoms with van der Waals surface area (Å²) in [7, 11) is 0. The van der Waals surface area contributed by atoms with Crippen LogP contribution < -0.4 is 10.9 Å². The highest BCUT2D eigenvalue weighted by molar-refractivity contribution is 6.01. The molecule has 11 heteroatoms. The molecule has 4 aromatic rings. The number of carbonyl (C=O) groups excluding carboxylic acids is 2. The summed E-state index contributed by atoms with van der Waals surface area (Å²) >= 11 is 0. The van der Waals surface area contributed by atoms with Crippen molar-refractivity contribution >= 4 is 33.9 Å². The van der Waals surface area contributed by atoms with E-state index in [9.17, 15) is 27.6 Å². The summed E-state index contributed by atoms with van der Waals surface area (Å²) in [6, 6.07) is 11.5. The molecule has 4 rings (SSSR count). The molecule has 178 valence electrons. The maximum atomic E-state index is 12.7. The van der Waals surface area contributed by atoms with Crippen molar-refractivity contribution in [3.8, 4) is 11.8 Å². The highest BCUT2D eigenvalue weighted by Crippen LogP contribution is 2.29. The van der Waals surface area contributed by atoms with Gasteiger partial charge in [-0.25, -0.2) is 4.98 Å². The molecule has 8 nitrogen and oxygen atoms in total. The van der Waals surface area contributed by atoms with Crippen LogP contribution in [0.25, 0.3) is 22.1 Å². The Labute approximate surface area is 195 Å². The van der Waals surface area contributed by atoms with E-state index < -0.39 is 42.3 Å². The van der Waals surface area contributed by atoms with Gasteiger partial charge >= 0.3 is 12.1 Å². The Kier molecular flexibility index (Phi) is 6.55. The van der Waals surface area contributed by atoms with Crippen molar-refractivity contribution in [2.45, 2.75) is 12.7 Å². The van der Waals surface area contributed by atoms with Gasteiger partial charge in [-0.1, -0.05) is 30.0 Å². The maximum Gasteiger partial charge on any atom is 0.416 e.